The van der Waals surface area contributed by atoms with Crippen molar-refractivity contribution < 1.29 is 5.11 Å². The van der Waals surface area contributed by atoms with Gasteiger partial charge in [-0.1, -0.05) is 24.3 Å². The zero-order valence-electron chi connectivity index (χ0n) is 10.1. The maximum absolute atomic E-state index is 10.2. The monoisotopic (exact) mass is 232 g/mol. The van der Waals surface area contributed by atoms with Crippen LogP contribution in [-0.4, -0.2) is 35.7 Å². The van der Waals surface area contributed by atoms with Gasteiger partial charge < -0.3 is 10.4 Å². The lowest BCUT2D eigenvalue weighted by Gasteiger charge is -2.39. The Kier molecular flexibility index (Phi) is 3.14. The fraction of sp³-hybridized carbons (Fsp3) is 0.571. The Balaban J connectivity index is 1.78. The molecule has 0 aliphatic carbocycles. The van der Waals surface area contributed by atoms with E-state index in [9.17, 15) is 5.11 Å². The third kappa shape index (κ3) is 2.23. The third-order valence-corrected chi connectivity index (χ3v) is 4.02. The van der Waals surface area contributed by atoms with Gasteiger partial charge in [-0.2, -0.15) is 0 Å². The number of β-amino-alcohol motifs (C(OH)–C–C–N with tert-alkyl or cyclic N) is 1. The highest BCUT2D eigenvalue weighted by Crippen LogP contribution is 2.29. The Morgan fingerprint density at radius 1 is 1.18 bits per heavy atom. The SMILES string of the molecule is OC1CN(C2CCNCC2)Cc2ccccc21. The van der Waals surface area contributed by atoms with E-state index < -0.39 is 0 Å². The molecule has 0 spiro atoms. The van der Waals surface area contributed by atoms with Crippen molar-refractivity contribution >= 4 is 0 Å². The van der Waals surface area contributed by atoms with Crippen LogP contribution in [-0.2, 0) is 6.54 Å². The van der Waals surface area contributed by atoms with E-state index in [2.05, 4.69) is 28.4 Å². The molecule has 2 aliphatic heterocycles. The Morgan fingerprint density at radius 2 is 1.94 bits per heavy atom. The van der Waals surface area contributed by atoms with Crippen molar-refractivity contribution in [1.29, 1.82) is 0 Å². The summed E-state index contributed by atoms with van der Waals surface area (Å²) in [4.78, 5) is 2.45. The van der Waals surface area contributed by atoms with E-state index in [-0.39, 0.29) is 6.10 Å². The van der Waals surface area contributed by atoms with Crippen LogP contribution < -0.4 is 5.32 Å². The summed E-state index contributed by atoms with van der Waals surface area (Å²) in [5.74, 6) is 0. The smallest absolute Gasteiger partial charge is 0.0920 e. The normalized spacial score (nSPS) is 26.8. The highest BCUT2D eigenvalue weighted by atomic mass is 16.3. The van der Waals surface area contributed by atoms with E-state index in [0.29, 0.717) is 6.04 Å². The van der Waals surface area contributed by atoms with Gasteiger partial charge >= 0.3 is 0 Å². The number of nitrogens with one attached hydrogen (secondary N) is 1. The number of fused-ring (bicyclic) bond motifs is 1. The first kappa shape index (κ1) is 11.2. The summed E-state index contributed by atoms with van der Waals surface area (Å²) >= 11 is 0. The largest absolute Gasteiger partial charge is 0.387 e. The van der Waals surface area contributed by atoms with Gasteiger partial charge in [-0.05, 0) is 37.1 Å². The van der Waals surface area contributed by atoms with Gasteiger partial charge in [0.25, 0.3) is 0 Å². The number of benzene rings is 1. The van der Waals surface area contributed by atoms with Crippen LogP contribution in [0.1, 0.15) is 30.1 Å². The zero-order valence-corrected chi connectivity index (χ0v) is 10.1. The molecule has 3 nitrogen and oxygen atoms in total. The van der Waals surface area contributed by atoms with E-state index >= 15 is 0 Å². The second-order valence-corrected chi connectivity index (χ2v) is 5.13. The molecule has 0 radical (unpaired) electrons. The average molecular weight is 232 g/mol. The molecule has 0 bridgehead atoms. The summed E-state index contributed by atoms with van der Waals surface area (Å²) in [5, 5.41) is 13.6. The van der Waals surface area contributed by atoms with Crippen molar-refractivity contribution in [2.75, 3.05) is 19.6 Å². The molecule has 1 saturated heterocycles. The van der Waals surface area contributed by atoms with Gasteiger partial charge in [-0.25, -0.2) is 0 Å². The van der Waals surface area contributed by atoms with E-state index in [1.807, 2.05) is 6.07 Å². The lowest BCUT2D eigenvalue weighted by Crippen LogP contribution is -2.46. The number of hydrogen-bond donors (Lipinski definition) is 2. The highest BCUT2D eigenvalue weighted by Gasteiger charge is 2.28. The molecule has 1 aromatic carbocycles. The van der Waals surface area contributed by atoms with Gasteiger partial charge in [0.2, 0.25) is 0 Å². The van der Waals surface area contributed by atoms with E-state index in [1.54, 1.807) is 0 Å². The van der Waals surface area contributed by atoms with E-state index in [4.69, 9.17) is 0 Å². The topological polar surface area (TPSA) is 35.5 Å². The van der Waals surface area contributed by atoms with Crippen LogP contribution in [0, 0.1) is 0 Å². The van der Waals surface area contributed by atoms with E-state index in [0.717, 1.165) is 31.7 Å². The second-order valence-electron chi connectivity index (χ2n) is 5.13. The summed E-state index contributed by atoms with van der Waals surface area (Å²) in [6, 6.07) is 8.92. The van der Waals surface area contributed by atoms with Crippen LogP contribution in [0.4, 0.5) is 0 Å². The molecule has 2 aliphatic rings. The molecule has 17 heavy (non-hydrogen) atoms. The molecule has 0 saturated carbocycles. The minimum Gasteiger partial charge on any atom is -0.387 e. The Bertz CT molecular complexity index is 388. The zero-order chi connectivity index (χ0) is 11.7. The summed E-state index contributed by atoms with van der Waals surface area (Å²) in [6.07, 6.45) is 2.10. The molecular weight excluding hydrogens is 212 g/mol. The van der Waals surface area contributed by atoms with Crippen molar-refractivity contribution in [3.05, 3.63) is 35.4 Å². The Hall–Kier alpha value is -0.900. The summed E-state index contributed by atoms with van der Waals surface area (Å²) in [6.45, 7) is 4.01. The first-order valence-corrected chi connectivity index (χ1v) is 6.55. The lowest BCUT2D eigenvalue weighted by molar-refractivity contribution is 0.0548. The fourth-order valence-electron chi connectivity index (χ4n) is 3.06. The van der Waals surface area contributed by atoms with Gasteiger partial charge in [-0.15, -0.1) is 0 Å². The highest BCUT2D eigenvalue weighted by molar-refractivity contribution is 5.31. The number of aliphatic hydroxyl groups excluding tert-OH is 1. The molecule has 1 aromatic rings. The minimum absolute atomic E-state index is 0.310. The molecule has 3 rings (SSSR count). The number of piperidine rings is 1. The van der Waals surface area contributed by atoms with Gasteiger partial charge in [0, 0.05) is 19.1 Å². The average Bonchev–Trinajstić information content (AvgIpc) is 2.40. The second kappa shape index (κ2) is 4.77. The van der Waals surface area contributed by atoms with Crippen LogP contribution in [0.3, 0.4) is 0 Å². The van der Waals surface area contributed by atoms with Crippen LogP contribution in [0.15, 0.2) is 24.3 Å². The molecule has 3 heteroatoms. The van der Waals surface area contributed by atoms with Crippen molar-refractivity contribution in [2.24, 2.45) is 0 Å². The van der Waals surface area contributed by atoms with Gasteiger partial charge in [0.1, 0.15) is 0 Å². The van der Waals surface area contributed by atoms with Crippen LogP contribution in [0.25, 0.3) is 0 Å². The van der Waals surface area contributed by atoms with Gasteiger partial charge in [-0.3, -0.25) is 4.90 Å². The number of rotatable bonds is 1. The molecule has 1 fully saturated rings. The molecule has 0 amide bonds. The van der Waals surface area contributed by atoms with Crippen molar-refractivity contribution in [1.82, 2.24) is 10.2 Å². The van der Waals surface area contributed by atoms with Crippen LogP contribution >= 0.6 is 0 Å². The summed E-state index contributed by atoms with van der Waals surface area (Å²) in [5.41, 5.74) is 2.42. The predicted octanol–water partition coefficient (Wildman–Crippen LogP) is 1.29. The molecule has 92 valence electrons. The Morgan fingerprint density at radius 3 is 2.76 bits per heavy atom. The first-order valence-electron chi connectivity index (χ1n) is 6.55. The maximum atomic E-state index is 10.2. The molecule has 2 heterocycles. The molecule has 1 unspecified atom stereocenters. The molecule has 2 N–H and O–H groups in total. The van der Waals surface area contributed by atoms with E-state index in [1.165, 1.54) is 18.4 Å². The molecular formula is C14H20N2O. The first-order chi connectivity index (χ1) is 8.34. The molecule has 1 atom stereocenters. The van der Waals surface area contributed by atoms with Crippen molar-refractivity contribution in [2.45, 2.75) is 31.5 Å². The minimum atomic E-state index is -0.310. The lowest BCUT2D eigenvalue weighted by atomic mass is 9.94. The van der Waals surface area contributed by atoms with Crippen LogP contribution in [0.2, 0.25) is 0 Å². The quantitative estimate of drug-likeness (QED) is 0.766. The van der Waals surface area contributed by atoms with Crippen molar-refractivity contribution in [3.63, 3.8) is 0 Å². The fourth-order valence-corrected chi connectivity index (χ4v) is 3.06. The third-order valence-electron chi connectivity index (χ3n) is 4.02. The number of hydrogen-bond acceptors (Lipinski definition) is 3. The predicted molar refractivity (Wildman–Crippen MR) is 67.7 cm³/mol. The molecule has 0 aromatic heterocycles. The number of aliphatic hydroxyl groups is 1. The summed E-state index contributed by atoms with van der Waals surface area (Å²) in [7, 11) is 0. The van der Waals surface area contributed by atoms with Gasteiger partial charge in [0.15, 0.2) is 0 Å². The maximum Gasteiger partial charge on any atom is 0.0920 e. The number of nitrogens with zero attached hydrogens (tertiary/aromatic N) is 1. The van der Waals surface area contributed by atoms with Gasteiger partial charge in [0.05, 0.1) is 6.10 Å². The van der Waals surface area contributed by atoms with Crippen molar-refractivity contribution in [3.8, 4) is 0 Å². The Labute approximate surface area is 102 Å². The van der Waals surface area contributed by atoms with Crippen LogP contribution in [0.5, 0.6) is 0 Å². The standard InChI is InChI=1S/C14H20N2O/c17-14-10-16(12-5-7-15-8-6-12)9-11-3-1-2-4-13(11)14/h1-4,12,14-15,17H,5-10H2. The summed E-state index contributed by atoms with van der Waals surface area (Å²) < 4.78 is 0.